The van der Waals surface area contributed by atoms with E-state index < -0.39 is 11.9 Å². The number of esters is 2. The molecule has 46 heavy (non-hydrogen) atoms. The van der Waals surface area contributed by atoms with Gasteiger partial charge in [0, 0.05) is 12.8 Å². The Morgan fingerprint density at radius 3 is 1.28 bits per heavy atom. The van der Waals surface area contributed by atoms with Gasteiger partial charge in [0.15, 0.2) is 0 Å². The molecule has 1 aliphatic carbocycles. The second-order valence-electron chi connectivity index (χ2n) is 10.6. The van der Waals surface area contributed by atoms with Gasteiger partial charge in [0.2, 0.25) is 0 Å². The minimum absolute atomic E-state index is 0.304. The first-order valence-corrected chi connectivity index (χ1v) is 15.1. The van der Waals surface area contributed by atoms with Crippen molar-refractivity contribution in [3.05, 3.63) is 143 Å². The molecule has 4 aromatic carbocycles. The van der Waals surface area contributed by atoms with Gasteiger partial charge in [-0.05, 0) is 98.8 Å². The number of carbonyl (C=O) groups is 2. The summed E-state index contributed by atoms with van der Waals surface area (Å²) in [5.74, 6) is 2.90. The summed E-state index contributed by atoms with van der Waals surface area (Å²) in [6, 6.07) is 28.6. The van der Waals surface area contributed by atoms with Gasteiger partial charge in [0.05, 0.1) is 16.9 Å². The fraction of sp³-hybridized carbons (Fsp3) is 0.211. The molecular formula is C38H36O8. The van der Waals surface area contributed by atoms with Gasteiger partial charge in [-0.2, -0.15) is 0 Å². The maximum atomic E-state index is 12.7. The Labute approximate surface area is 268 Å². The Morgan fingerprint density at radius 1 is 0.457 bits per heavy atom. The molecule has 8 heteroatoms. The molecule has 0 atom stereocenters. The van der Waals surface area contributed by atoms with Crippen molar-refractivity contribution in [2.24, 2.45) is 0 Å². The van der Waals surface area contributed by atoms with Crippen molar-refractivity contribution in [2.75, 3.05) is 26.4 Å². The molecule has 5 rings (SSSR count). The molecule has 0 spiro atoms. The first-order valence-electron chi connectivity index (χ1n) is 15.1. The van der Waals surface area contributed by atoms with Crippen LogP contribution in [0.25, 0.3) is 0 Å². The average Bonchev–Trinajstić information content (AvgIpc) is 3.08. The Hall–Kier alpha value is -5.50. The van der Waals surface area contributed by atoms with Crippen molar-refractivity contribution >= 4 is 11.9 Å². The standard InChI is InChI=1S/C38H36O8/c1-27-3-11-31(12-4-27)41-23-25-43-33-15-19-35(20-16-33)45-37(39)29-7-9-30(10-8-29)38(40)46-36-21-17-34(18-22-36)44-26-24-42-32-13-5-28(2)6-14-32/h3-17,19-21H,18,22-26H2,1-2H3. The summed E-state index contributed by atoms with van der Waals surface area (Å²) in [7, 11) is 0. The molecule has 4 aromatic rings. The second-order valence-corrected chi connectivity index (χ2v) is 10.6. The van der Waals surface area contributed by atoms with Crippen LogP contribution in [0.3, 0.4) is 0 Å². The van der Waals surface area contributed by atoms with Gasteiger partial charge in [-0.15, -0.1) is 0 Å². The van der Waals surface area contributed by atoms with E-state index in [-0.39, 0.29) is 0 Å². The third-order valence-corrected chi connectivity index (χ3v) is 6.99. The van der Waals surface area contributed by atoms with Crippen LogP contribution in [-0.2, 0) is 9.47 Å². The van der Waals surface area contributed by atoms with Gasteiger partial charge in [0.25, 0.3) is 0 Å². The summed E-state index contributed by atoms with van der Waals surface area (Å²) in [6.07, 6.45) is 4.69. The third kappa shape index (κ3) is 9.75. The van der Waals surface area contributed by atoms with E-state index in [0.29, 0.717) is 67.7 Å². The van der Waals surface area contributed by atoms with Crippen molar-refractivity contribution in [3.8, 4) is 23.0 Å². The van der Waals surface area contributed by atoms with E-state index in [1.807, 2.05) is 62.4 Å². The van der Waals surface area contributed by atoms with Gasteiger partial charge in [-0.3, -0.25) is 0 Å². The minimum atomic E-state index is -0.544. The SMILES string of the molecule is Cc1ccc(OCCOC2=CC=C(OC(=O)c3ccc(C(=O)Oc4ccc(OCCOc5ccc(C)cc5)cc4)cc3)CC2)cc1. The average molecular weight is 621 g/mol. The molecule has 0 amide bonds. The van der Waals surface area contributed by atoms with Gasteiger partial charge < -0.3 is 28.4 Å². The van der Waals surface area contributed by atoms with Crippen LogP contribution in [0.4, 0.5) is 0 Å². The summed E-state index contributed by atoms with van der Waals surface area (Å²) < 4.78 is 33.9. The first-order chi connectivity index (χ1) is 22.4. The quantitative estimate of drug-likeness (QED) is 0.0802. The molecule has 0 aliphatic heterocycles. The lowest BCUT2D eigenvalue weighted by Gasteiger charge is -2.16. The van der Waals surface area contributed by atoms with Crippen molar-refractivity contribution in [2.45, 2.75) is 26.7 Å². The number of hydrogen-bond donors (Lipinski definition) is 0. The summed E-state index contributed by atoms with van der Waals surface area (Å²) >= 11 is 0. The predicted octanol–water partition coefficient (Wildman–Crippen LogP) is 7.79. The van der Waals surface area contributed by atoms with Gasteiger partial charge >= 0.3 is 11.9 Å². The zero-order chi connectivity index (χ0) is 32.1. The van der Waals surface area contributed by atoms with E-state index >= 15 is 0 Å². The highest BCUT2D eigenvalue weighted by atomic mass is 16.5. The molecular weight excluding hydrogens is 584 g/mol. The van der Waals surface area contributed by atoms with Crippen LogP contribution >= 0.6 is 0 Å². The Balaban J connectivity index is 1.01. The number of carbonyl (C=O) groups excluding carboxylic acids is 2. The van der Waals surface area contributed by atoms with Gasteiger partial charge in [-0.25, -0.2) is 9.59 Å². The lowest BCUT2D eigenvalue weighted by atomic mass is 10.1. The van der Waals surface area contributed by atoms with Gasteiger partial charge in [-0.1, -0.05) is 35.4 Å². The van der Waals surface area contributed by atoms with E-state index in [1.165, 1.54) is 35.4 Å². The fourth-order valence-corrected chi connectivity index (χ4v) is 4.41. The molecule has 8 nitrogen and oxygen atoms in total. The van der Waals surface area contributed by atoms with Gasteiger partial charge in [0.1, 0.15) is 55.2 Å². The number of hydrogen-bond acceptors (Lipinski definition) is 8. The van der Waals surface area contributed by atoms with Crippen LogP contribution in [0.2, 0.25) is 0 Å². The van der Waals surface area contributed by atoms with Crippen LogP contribution in [0.1, 0.15) is 44.7 Å². The van der Waals surface area contributed by atoms with Crippen molar-refractivity contribution in [1.29, 1.82) is 0 Å². The highest BCUT2D eigenvalue weighted by molar-refractivity contribution is 5.94. The van der Waals surface area contributed by atoms with Crippen LogP contribution in [0, 0.1) is 13.8 Å². The summed E-state index contributed by atoms with van der Waals surface area (Å²) in [4.78, 5) is 25.3. The fourth-order valence-electron chi connectivity index (χ4n) is 4.41. The molecule has 1 aliphatic rings. The second kappa shape index (κ2) is 16.0. The lowest BCUT2D eigenvalue weighted by molar-refractivity contribution is 0.0606. The molecule has 0 unspecified atom stereocenters. The lowest BCUT2D eigenvalue weighted by Crippen LogP contribution is -2.11. The van der Waals surface area contributed by atoms with Crippen LogP contribution in [0.5, 0.6) is 23.0 Å². The monoisotopic (exact) mass is 620 g/mol. The summed E-state index contributed by atoms with van der Waals surface area (Å²) in [5, 5.41) is 0. The maximum Gasteiger partial charge on any atom is 0.343 e. The van der Waals surface area contributed by atoms with Crippen LogP contribution in [-0.4, -0.2) is 38.4 Å². The van der Waals surface area contributed by atoms with Crippen molar-refractivity contribution < 1.29 is 38.0 Å². The Bertz CT molecular complexity index is 1650. The largest absolute Gasteiger partial charge is 0.494 e. The molecule has 0 heterocycles. The number of ether oxygens (including phenoxy) is 6. The maximum absolute atomic E-state index is 12.7. The predicted molar refractivity (Wildman–Crippen MR) is 173 cm³/mol. The highest BCUT2D eigenvalue weighted by Crippen LogP contribution is 2.23. The molecule has 0 aromatic heterocycles. The summed E-state index contributed by atoms with van der Waals surface area (Å²) in [6.45, 7) is 5.68. The molecule has 236 valence electrons. The molecule has 0 fully saturated rings. The van der Waals surface area contributed by atoms with Crippen molar-refractivity contribution in [1.82, 2.24) is 0 Å². The molecule has 0 bridgehead atoms. The Morgan fingerprint density at radius 2 is 0.826 bits per heavy atom. The molecule has 0 radical (unpaired) electrons. The van der Waals surface area contributed by atoms with Crippen LogP contribution < -0.4 is 18.9 Å². The number of aryl methyl sites for hydroxylation is 2. The zero-order valence-corrected chi connectivity index (χ0v) is 25.9. The Kier molecular flexibility index (Phi) is 11.1. The highest BCUT2D eigenvalue weighted by Gasteiger charge is 2.16. The molecule has 0 saturated heterocycles. The van der Waals surface area contributed by atoms with E-state index in [9.17, 15) is 9.59 Å². The smallest absolute Gasteiger partial charge is 0.343 e. The summed E-state index contributed by atoms with van der Waals surface area (Å²) in [5.41, 5.74) is 2.98. The zero-order valence-electron chi connectivity index (χ0n) is 25.9. The normalized spacial score (nSPS) is 12.3. The molecule has 0 saturated carbocycles. The number of benzene rings is 4. The number of rotatable bonds is 14. The van der Waals surface area contributed by atoms with Crippen LogP contribution in [0.15, 0.2) is 121 Å². The van der Waals surface area contributed by atoms with E-state index in [2.05, 4.69) is 0 Å². The topological polar surface area (TPSA) is 89.5 Å². The minimum Gasteiger partial charge on any atom is -0.494 e. The molecule has 0 N–H and O–H groups in total. The first kappa shape index (κ1) is 31.9. The third-order valence-electron chi connectivity index (χ3n) is 6.99. The van der Waals surface area contributed by atoms with E-state index in [4.69, 9.17) is 28.4 Å². The number of allylic oxidation sites excluding steroid dienone is 4. The van der Waals surface area contributed by atoms with E-state index in [0.717, 1.165) is 17.3 Å². The van der Waals surface area contributed by atoms with E-state index in [1.54, 1.807) is 36.4 Å². The van der Waals surface area contributed by atoms with Crippen molar-refractivity contribution in [3.63, 3.8) is 0 Å².